The molecule has 0 atom stereocenters. The molecule has 21 heavy (non-hydrogen) atoms. The predicted octanol–water partition coefficient (Wildman–Crippen LogP) is 2.09. The molecule has 0 bridgehead atoms. The van der Waals surface area contributed by atoms with E-state index in [0.717, 1.165) is 6.08 Å². The van der Waals surface area contributed by atoms with Crippen LogP contribution in [-0.4, -0.2) is 36.8 Å². The van der Waals surface area contributed by atoms with Crippen molar-refractivity contribution in [3.05, 3.63) is 35.4 Å². The Kier molecular flexibility index (Phi) is 5.34. The highest BCUT2D eigenvalue weighted by atomic mass is 19.4. The summed E-state index contributed by atoms with van der Waals surface area (Å²) in [5.41, 5.74) is 0.227. The summed E-state index contributed by atoms with van der Waals surface area (Å²) >= 11 is 0. The largest absolute Gasteiger partial charge is 0.496 e. The Bertz CT molecular complexity index is 567. The Morgan fingerprint density at radius 2 is 2.05 bits per heavy atom. The van der Waals surface area contributed by atoms with E-state index in [1.54, 1.807) is 5.32 Å². The van der Waals surface area contributed by atoms with Crippen LogP contribution in [0.4, 0.5) is 13.2 Å². The average molecular weight is 303 g/mol. The fourth-order valence-corrected chi connectivity index (χ4v) is 1.45. The molecular weight excluding hydrogens is 291 g/mol. The van der Waals surface area contributed by atoms with Crippen molar-refractivity contribution < 1.29 is 32.6 Å². The molecular formula is C13H12F3NO4. The standard InChI is InChI=1S/C13H12F3NO4/c1-21-10-4-2-9(6-8(10)3-5-11(18)19)12(20)17-7-13(14,15)16/h2-6H,7H2,1H3,(H,17,20)(H,18,19). The van der Waals surface area contributed by atoms with E-state index in [9.17, 15) is 22.8 Å². The minimum atomic E-state index is -4.51. The molecule has 1 aromatic carbocycles. The number of halogens is 3. The van der Waals surface area contributed by atoms with E-state index in [0.29, 0.717) is 5.75 Å². The van der Waals surface area contributed by atoms with Crippen molar-refractivity contribution in [3.63, 3.8) is 0 Å². The normalized spacial score (nSPS) is 11.4. The van der Waals surface area contributed by atoms with Crippen LogP contribution in [-0.2, 0) is 4.79 Å². The van der Waals surface area contributed by atoms with Crippen molar-refractivity contribution in [1.82, 2.24) is 5.32 Å². The summed E-state index contributed by atoms with van der Waals surface area (Å²) in [6, 6.07) is 3.89. The molecule has 114 valence electrons. The number of rotatable bonds is 5. The van der Waals surface area contributed by atoms with Crippen LogP contribution in [0.5, 0.6) is 5.75 Å². The van der Waals surface area contributed by atoms with Gasteiger partial charge in [0.25, 0.3) is 5.91 Å². The maximum absolute atomic E-state index is 12.0. The third-order valence-corrected chi connectivity index (χ3v) is 2.35. The third-order valence-electron chi connectivity index (χ3n) is 2.35. The molecule has 0 spiro atoms. The van der Waals surface area contributed by atoms with Gasteiger partial charge in [0.1, 0.15) is 12.3 Å². The first-order chi connectivity index (χ1) is 9.73. The number of hydrogen-bond acceptors (Lipinski definition) is 3. The molecule has 0 fully saturated rings. The number of methoxy groups -OCH3 is 1. The van der Waals surface area contributed by atoms with E-state index in [1.165, 1.54) is 31.4 Å². The van der Waals surface area contributed by atoms with E-state index in [1.807, 2.05) is 0 Å². The molecule has 1 aromatic rings. The van der Waals surface area contributed by atoms with Crippen molar-refractivity contribution in [2.45, 2.75) is 6.18 Å². The lowest BCUT2D eigenvalue weighted by atomic mass is 10.1. The first-order valence-electron chi connectivity index (χ1n) is 5.67. The highest BCUT2D eigenvalue weighted by Gasteiger charge is 2.27. The highest BCUT2D eigenvalue weighted by molar-refractivity contribution is 5.95. The highest BCUT2D eigenvalue weighted by Crippen LogP contribution is 2.21. The van der Waals surface area contributed by atoms with Gasteiger partial charge in [-0.3, -0.25) is 4.79 Å². The number of aliphatic carboxylic acids is 1. The number of hydrogen-bond donors (Lipinski definition) is 2. The van der Waals surface area contributed by atoms with Crippen molar-refractivity contribution >= 4 is 18.0 Å². The second-order valence-corrected chi connectivity index (χ2v) is 3.93. The summed E-state index contributed by atoms with van der Waals surface area (Å²) in [4.78, 5) is 22.1. The number of nitrogens with one attached hydrogen (secondary N) is 1. The van der Waals surface area contributed by atoms with Gasteiger partial charge in [-0.1, -0.05) is 0 Å². The van der Waals surface area contributed by atoms with Crippen molar-refractivity contribution in [2.75, 3.05) is 13.7 Å². The number of alkyl halides is 3. The van der Waals surface area contributed by atoms with Gasteiger partial charge in [-0.25, -0.2) is 4.79 Å². The van der Waals surface area contributed by atoms with Crippen LogP contribution < -0.4 is 10.1 Å². The Balaban J connectivity index is 2.96. The lowest BCUT2D eigenvalue weighted by molar-refractivity contribution is -0.131. The number of benzene rings is 1. The van der Waals surface area contributed by atoms with Crippen LogP contribution in [0, 0.1) is 0 Å². The fourth-order valence-electron chi connectivity index (χ4n) is 1.45. The lowest BCUT2D eigenvalue weighted by Gasteiger charge is -2.10. The van der Waals surface area contributed by atoms with Gasteiger partial charge >= 0.3 is 12.1 Å². The molecule has 8 heteroatoms. The monoisotopic (exact) mass is 303 g/mol. The Hall–Kier alpha value is -2.51. The van der Waals surface area contributed by atoms with Gasteiger partial charge in [-0.15, -0.1) is 0 Å². The average Bonchev–Trinajstić information content (AvgIpc) is 2.41. The summed E-state index contributed by atoms with van der Waals surface area (Å²) in [5, 5.41) is 10.3. The number of carbonyl (C=O) groups is 2. The topological polar surface area (TPSA) is 75.6 Å². The van der Waals surface area contributed by atoms with Crippen molar-refractivity contribution in [3.8, 4) is 5.75 Å². The smallest absolute Gasteiger partial charge is 0.405 e. The number of carboxylic acid groups (broad SMARTS) is 1. The second-order valence-electron chi connectivity index (χ2n) is 3.93. The first kappa shape index (κ1) is 16.5. The first-order valence-corrected chi connectivity index (χ1v) is 5.67. The lowest BCUT2D eigenvalue weighted by Crippen LogP contribution is -2.33. The molecule has 2 N–H and O–H groups in total. The Labute approximate surface area is 118 Å². The molecule has 0 saturated carbocycles. The van der Waals surface area contributed by atoms with Gasteiger partial charge in [-0.2, -0.15) is 13.2 Å². The molecule has 0 aliphatic heterocycles. The summed E-state index contributed by atoms with van der Waals surface area (Å²) in [7, 11) is 1.34. The van der Waals surface area contributed by atoms with Gasteiger partial charge in [0.05, 0.1) is 7.11 Å². The molecule has 0 aliphatic carbocycles. The van der Waals surface area contributed by atoms with Gasteiger partial charge < -0.3 is 15.2 Å². The molecule has 0 unspecified atom stereocenters. The minimum Gasteiger partial charge on any atom is -0.496 e. The number of carbonyl (C=O) groups excluding carboxylic acids is 1. The Morgan fingerprint density at radius 3 is 2.57 bits per heavy atom. The summed E-state index contributed by atoms with van der Waals surface area (Å²) in [6.45, 7) is -1.45. The van der Waals surface area contributed by atoms with Crippen LogP contribution in [0.15, 0.2) is 24.3 Å². The van der Waals surface area contributed by atoms with Gasteiger partial charge in [0.15, 0.2) is 0 Å². The van der Waals surface area contributed by atoms with Gasteiger partial charge in [-0.05, 0) is 24.3 Å². The molecule has 1 rings (SSSR count). The maximum atomic E-state index is 12.0. The van der Waals surface area contributed by atoms with Crippen LogP contribution in [0.3, 0.4) is 0 Å². The zero-order valence-electron chi connectivity index (χ0n) is 10.9. The molecule has 0 radical (unpaired) electrons. The molecule has 0 heterocycles. The van der Waals surface area contributed by atoms with Crippen molar-refractivity contribution in [2.24, 2.45) is 0 Å². The SMILES string of the molecule is COc1ccc(C(=O)NCC(F)(F)F)cc1C=CC(=O)O. The minimum absolute atomic E-state index is 0.0370. The van der Waals surface area contributed by atoms with E-state index < -0.39 is 24.6 Å². The third kappa shape index (κ3) is 5.55. The van der Waals surface area contributed by atoms with Gasteiger partial charge in [0, 0.05) is 17.2 Å². The predicted molar refractivity (Wildman–Crippen MR) is 68.1 cm³/mol. The summed E-state index contributed by atoms with van der Waals surface area (Å²) in [6.07, 6.45) is -2.49. The molecule has 0 aliphatic rings. The zero-order valence-corrected chi connectivity index (χ0v) is 10.9. The molecule has 0 aromatic heterocycles. The van der Waals surface area contributed by atoms with Crippen LogP contribution in [0.2, 0.25) is 0 Å². The molecule has 1 amide bonds. The van der Waals surface area contributed by atoms with Crippen LogP contribution in [0.25, 0.3) is 6.08 Å². The quantitative estimate of drug-likeness (QED) is 0.817. The maximum Gasteiger partial charge on any atom is 0.405 e. The van der Waals surface area contributed by atoms with E-state index in [-0.39, 0.29) is 11.1 Å². The summed E-state index contributed by atoms with van der Waals surface area (Å²) < 4.78 is 41.1. The van der Waals surface area contributed by atoms with Crippen LogP contribution in [0.1, 0.15) is 15.9 Å². The molecule has 0 saturated heterocycles. The second kappa shape index (κ2) is 6.78. The Morgan fingerprint density at radius 1 is 1.38 bits per heavy atom. The number of carboxylic acids is 1. The summed E-state index contributed by atoms with van der Waals surface area (Å²) in [5.74, 6) is -1.83. The van der Waals surface area contributed by atoms with E-state index in [2.05, 4.69) is 0 Å². The molecule has 5 nitrogen and oxygen atoms in total. The number of ether oxygens (including phenoxy) is 1. The van der Waals surface area contributed by atoms with Crippen molar-refractivity contribution in [1.29, 1.82) is 0 Å². The number of amides is 1. The van der Waals surface area contributed by atoms with E-state index >= 15 is 0 Å². The zero-order chi connectivity index (χ0) is 16.0. The van der Waals surface area contributed by atoms with Gasteiger partial charge in [0.2, 0.25) is 0 Å². The van der Waals surface area contributed by atoms with Crippen LogP contribution >= 0.6 is 0 Å². The fraction of sp³-hybridized carbons (Fsp3) is 0.231. The van der Waals surface area contributed by atoms with E-state index in [4.69, 9.17) is 9.84 Å².